The number of benzene rings is 1. The fraction of sp³-hybridized carbons (Fsp3) is 0.364. The van der Waals surface area contributed by atoms with Gasteiger partial charge in [-0.1, -0.05) is 35.0 Å². The Labute approximate surface area is 97.7 Å². The molecule has 0 fully saturated rings. The van der Waals surface area contributed by atoms with Gasteiger partial charge in [0.05, 0.1) is 12.2 Å². The molecule has 0 radical (unpaired) electrons. The normalized spacial score (nSPS) is 12.1. The van der Waals surface area contributed by atoms with Gasteiger partial charge in [-0.15, -0.1) is 0 Å². The molecule has 0 aromatic heterocycles. The number of primary amides is 1. The van der Waals surface area contributed by atoms with E-state index in [1.807, 2.05) is 6.07 Å². The predicted octanol–water partition coefficient (Wildman–Crippen LogP) is 2.20. The smallest absolute Gasteiger partial charge is 0.252 e. The number of carbonyl (C=O) groups excluding carboxylic acids is 1. The molecule has 0 aliphatic heterocycles. The SMILES string of the molecule is CC(CBr)COc1ccccc1C(N)=O. The number of nitrogens with two attached hydrogens (primary N) is 1. The first kappa shape index (κ1) is 12.0. The lowest BCUT2D eigenvalue weighted by atomic mass is 10.2. The van der Waals surface area contributed by atoms with Crippen LogP contribution in [0.3, 0.4) is 0 Å². The monoisotopic (exact) mass is 271 g/mol. The van der Waals surface area contributed by atoms with E-state index in [4.69, 9.17) is 10.5 Å². The minimum Gasteiger partial charge on any atom is -0.492 e. The van der Waals surface area contributed by atoms with Gasteiger partial charge in [-0.2, -0.15) is 0 Å². The highest BCUT2D eigenvalue weighted by atomic mass is 79.9. The highest BCUT2D eigenvalue weighted by molar-refractivity contribution is 9.09. The summed E-state index contributed by atoms with van der Waals surface area (Å²) in [5.41, 5.74) is 5.66. The molecule has 1 rings (SSSR count). The predicted molar refractivity (Wildman–Crippen MR) is 63.4 cm³/mol. The lowest BCUT2D eigenvalue weighted by molar-refractivity contribution is 0.0995. The Kier molecular flexibility index (Phi) is 4.62. The van der Waals surface area contributed by atoms with Crippen molar-refractivity contribution in [2.24, 2.45) is 11.7 Å². The lowest BCUT2D eigenvalue weighted by Gasteiger charge is -2.12. The number of hydrogen-bond donors (Lipinski definition) is 1. The Morgan fingerprint density at radius 2 is 2.20 bits per heavy atom. The molecule has 1 amide bonds. The van der Waals surface area contributed by atoms with Crippen molar-refractivity contribution in [3.05, 3.63) is 29.8 Å². The van der Waals surface area contributed by atoms with Gasteiger partial charge in [0.1, 0.15) is 5.75 Å². The van der Waals surface area contributed by atoms with Crippen LogP contribution in [-0.4, -0.2) is 17.8 Å². The third-order valence-corrected chi connectivity index (χ3v) is 3.04. The van der Waals surface area contributed by atoms with Crippen molar-refractivity contribution in [3.8, 4) is 5.75 Å². The summed E-state index contributed by atoms with van der Waals surface area (Å²) in [5.74, 6) is 0.487. The summed E-state index contributed by atoms with van der Waals surface area (Å²) in [6, 6.07) is 7.00. The van der Waals surface area contributed by atoms with Gasteiger partial charge in [-0.05, 0) is 18.1 Å². The van der Waals surface area contributed by atoms with Crippen LogP contribution in [0.2, 0.25) is 0 Å². The molecule has 0 heterocycles. The number of ether oxygens (including phenoxy) is 1. The number of halogens is 1. The second-order valence-electron chi connectivity index (χ2n) is 3.43. The first-order valence-electron chi connectivity index (χ1n) is 4.72. The average molecular weight is 272 g/mol. The lowest BCUT2D eigenvalue weighted by Crippen LogP contribution is -2.15. The van der Waals surface area contributed by atoms with E-state index in [1.165, 1.54) is 0 Å². The number of alkyl halides is 1. The topological polar surface area (TPSA) is 52.3 Å². The van der Waals surface area contributed by atoms with Gasteiger partial charge in [0, 0.05) is 5.33 Å². The molecule has 0 spiro atoms. The van der Waals surface area contributed by atoms with Crippen LogP contribution in [0.5, 0.6) is 5.75 Å². The summed E-state index contributed by atoms with van der Waals surface area (Å²) >= 11 is 3.36. The van der Waals surface area contributed by atoms with E-state index in [0.29, 0.717) is 23.8 Å². The molecule has 0 saturated heterocycles. The molecular formula is C11H14BrNO2. The minimum atomic E-state index is -0.461. The number of para-hydroxylation sites is 1. The van der Waals surface area contributed by atoms with Crippen LogP contribution in [0.25, 0.3) is 0 Å². The maximum atomic E-state index is 11.1. The van der Waals surface area contributed by atoms with Crippen LogP contribution in [0.15, 0.2) is 24.3 Å². The summed E-state index contributed by atoms with van der Waals surface area (Å²) in [5, 5.41) is 0.867. The molecular weight excluding hydrogens is 258 g/mol. The Hall–Kier alpha value is -1.03. The molecule has 1 aromatic rings. The molecule has 82 valence electrons. The van der Waals surface area contributed by atoms with Crippen molar-refractivity contribution in [3.63, 3.8) is 0 Å². The van der Waals surface area contributed by atoms with E-state index in [0.717, 1.165) is 5.33 Å². The fourth-order valence-corrected chi connectivity index (χ4v) is 1.26. The standard InChI is InChI=1S/C11H14BrNO2/c1-8(6-12)7-15-10-5-3-2-4-9(10)11(13)14/h2-5,8H,6-7H2,1H3,(H2,13,14). The Balaban J connectivity index is 2.72. The molecule has 15 heavy (non-hydrogen) atoms. The number of amides is 1. The van der Waals surface area contributed by atoms with Crippen molar-refractivity contribution in [1.29, 1.82) is 0 Å². The number of rotatable bonds is 5. The van der Waals surface area contributed by atoms with Crippen LogP contribution < -0.4 is 10.5 Å². The molecule has 0 bridgehead atoms. The first-order valence-corrected chi connectivity index (χ1v) is 5.85. The van der Waals surface area contributed by atoms with Crippen LogP contribution >= 0.6 is 15.9 Å². The van der Waals surface area contributed by atoms with Crippen LogP contribution in [-0.2, 0) is 0 Å². The molecule has 2 N–H and O–H groups in total. The zero-order valence-electron chi connectivity index (χ0n) is 8.57. The molecule has 0 aliphatic carbocycles. The first-order chi connectivity index (χ1) is 7.15. The van der Waals surface area contributed by atoms with Crippen molar-refractivity contribution in [1.82, 2.24) is 0 Å². The van der Waals surface area contributed by atoms with Crippen molar-refractivity contribution >= 4 is 21.8 Å². The number of carbonyl (C=O) groups is 1. The van der Waals surface area contributed by atoms with E-state index in [2.05, 4.69) is 22.9 Å². The Bertz CT molecular complexity index is 341. The second-order valence-corrected chi connectivity index (χ2v) is 4.08. The highest BCUT2D eigenvalue weighted by Gasteiger charge is 2.09. The molecule has 1 aromatic carbocycles. The highest BCUT2D eigenvalue weighted by Crippen LogP contribution is 2.18. The van der Waals surface area contributed by atoms with Gasteiger partial charge in [0.15, 0.2) is 0 Å². The van der Waals surface area contributed by atoms with Gasteiger partial charge in [-0.25, -0.2) is 0 Å². The molecule has 1 unspecified atom stereocenters. The maximum absolute atomic E-state index is 11.1. The van der Waals surface area contributed by atoms with Crippen molar-refractivity contribution in [2.45, 2.75) is 6.92 Å². The summed E-state index contributed by atoms with van der Waals surface area (Å²) in [4.78, 5) is 11.1. The zero-order valence-corrected chi connectivity index (χ0v) is 10.2. The third kappa shape index (κ3) is 3.55. The van der Waals surface area contributed by atoms with Crippen LogP contribution in [0.1, 0.15) is 17.3 Å². The summed E-state index contributed by atoms with van der Waals surface area (Å²) in [6.45, 7) is 2.62. The van der Waals surface area contributed by atoms with Gasteiger partial charge in [0.25, 0.3) is 5.91 Å². The molecule has 1 atom stereocenters. The van der Waals surface area contributed by atoms with E-state index in [9.17, 15) is 4.79 Å². The fourth-order valence-electron chi connectivity index (χ4n) is 1.07. The second kappa shape index (κ2) is 5.75. The molecule has 0 saturated carbocycles. The minimum absolute atomic E-state index is 0.394. The third-order valence-electron chi connectivity index (χ3n) is 1.94. The quantitative estimate of drug-likeness (QED) is 0.835. The molecule has 0 aliphatic rings. The van der Waals surface area contributed by atoms with Crippen molar-refractivity contribution < 1.29 is 9.53 Å². The largest absolute Gasteiger partial charge is 0.492 e. The Morgan fingerprint density at radius 1 is 1.53 bits per heavy atom. The summed E-state index contributed by atoms with van der Waals surface area (Å²) in [6.07, 6.45) is 0. The molecule has 3 nitrogen and oxygen atoms in total. The zero-order chi connectivity index (χ0) is 11.3. The maximum Gasteiger partial charge on any atom is 0.252 e. The van der Waals surface area contributed by atoms with Gasteiger partial charge >= 0.3 is 0 Å². The number of hydrogen-bond acceptors (Lipinski definition) is 2. The van der Waals surface area contributed by atoms with Gasteiger partial charge in [0.2, 0.25) is 0 Å². The van der Waals surface area contributed by atoms with E-state index < -0.39 is 5.91 Å². The van der Waals surface area contributed by atoms with Crippen molar-refractivity contribution in [2.75, 3.05) is 11.9 Å². The van der Waals surface area contributed by atoms with Gasteiger partial charge < -0.3 is 10.5 Å². The van der Waals surface area contributed by atoms with Gasteiger partial charge in [-0.3, -0.25) is 4.79 Å². The Morgan fingerprint density at radius 3 is 2.80 bits per heavy atom. The molecule has 4 heteroatoms. The average Bonchev–Trinajstić information content (AvgIpc) is 2.26. The van der Waals surface area contributed by atoms with E-state index in [-0.39, 0.29) is 0 Å². The van der Waals surface area contributed by atoms with Crippen LogP contribution in [0, 0.1) is 5.92 Å². The summed E-state index contributed by atoms with van der Waals surface area (Å²) in [7, 11) is 0. The van der Waals surface area contributed by atoms with E-state index >= 15 is 0 Å². The van der Waals surface area contributed by atoms with Crippen LogP contribution in [0.4, 0.5) is 0 Å². The van der Waals surface area contributed by atoms with E-state index in [1.54, 1.807) is 18.2 Å². The summed E-state index contributed by atoms with van der Waals surface area (Å²) < 4.78 is 5.52.